The number of aliphatic imine (C=N–C) groups is 1. The quantitative estimate of drug-likeness (QED) is 0.464. The number of anilines is 1. The monoisotopic (exact) mass is 593 g/mol. The molecule has 230 valence electrons. The third-order valence-corrected chi connectivity index (χ3v) is 10.0. The third-order valence-electron chi connectivity index (χ3n) is 10.0. The van der Waals surface area contributed by atoms with Gasteiger partial charge >= 0.3 is 0 Å². The smallest absolute Gasteiger partial charge is 0.246 e. The number of nitrogens with zero attached hydrogens (tertiary/aromatic N) is 6. The van der Waals surface area contributed by atoms with Crippen LogP contribution < -0.4 is 10.2 Å². The van der Waals surface area contributed by atoms with Gasteiger partial charge in [-0.1, -0.05) is 49.1 Å². The molecule has 9 nitrogen and oxygen atoms in total. The molecule has 0 spiro atoms. The molecule has 9 heteroatoms. The molecule has 3 fully saturated rings. The van der Waals surface area contributed by atoms with E-state index in [0.717, 1.165) is 18.3 Å². The van der Waals surface area contributed by atoms with Crippen molar-refractivity contribution >= 4 is 28.2 Å². The van der Waals surface area contributed by atoms with Gasteiger partial charge < -0.3 is 19.4 Å². The van der Waals surface area contributed by atoms with Gasteiger partial charge in [-0.05, 0) is 55.7 Å². The zero-order chi connectivity index (χ0) is 30.0. The fourth-order valence-corrected chi connectivity index (χ4v) is 7.49. The molecule has 4 unspecified atom stereocenters. The molecule has 5 atom stereocenters. The lowest BCUT2D eigenvalue weighted by Gasteiger charge is -2.47. The summed E-state index contributed by atoms with van der Waals surface area (Å²) in [6.45, 7) is 9.26. The highest BCUT2D eigenvalue weighted by atomic mass is 16.5. The van der Waals surface area contributed by atoms with E-state index in [1.165, 1.54) is 61.3 Å². The van der Waals surface area contributed by atoms with Gasteiger partial charge in [0.1, 0.15) is 5.84 Å². The average Bonchev–Trinajstić information content (AvgIpc) is 3.78. The number of carbonyl (C=O) groups excluding carboxylic acids is 1. The molecule has 0 radical (unpaired) electrons. The third kappa shape index (κ3) is 5.99. The second-order valence-corrected chi connectivity index (χ2v) is 12.9. The van der Waals surface area contributed by atoms with Crippen LogP contribution in [-0.2, 0) is 9.53 Å². The van der Waals surface area contributed by atoms with Crippen molar-refractivity contribution in [1.82, 2.24) is 20.0 Å². The normalized spacial score (nSPS) is 28.9. The number of ether oxygens (including phenoxy) is 1. The number of nitriles is 1. The summed E-state index contributed by atoms with van der Waals surface area (Å²) in [4.78, 5) is 26.8. The van der Waals surface area contributed by atoms with Crippen LogP contribution in [0.5, 0.6) is 0 Å². The van der Waals surface area contributed by atoms with Crippen molar-refractivity contribution in [3.05, 3.63) is 67.4 Å². The van der Waals surface area contributed by atoms with Crippen LogP contribution in [0, 0.1) is 23.2 Å². The lowest BCUT2D eigenvalue weighted by molar-refractivity contribution is -0.130. The van der Waals surface area contributed by atoms with Crippen molar-refractivity contribution < 1.29 is 9.53 Å². The number of amides is 1. The maximum Gasteiger partial charge on any atom is 0.246 e. The molecule has 0 bridgehead atoms. The van der Waals surface area contributed by atoms with Crippen molar-refractivity contribution in [2.24, 2.45) is 16.8 Å². The molecule has 44 heavy (non-hydrogen) atoms. The molecule has 5 aliphatic rings. The Labute approximate surface area is 260 Å². The van der Waals surface area contributed by atoms with Gasteiger partial charge in [0, 0.05) is 62.1 Å². The van der Waals surface area contributed by atoms with Crippen LogP contribution >= 0.6 is 0 Å². The van der Waals surface area contributed by atoms with E-state index < -0.39 is 6.35 Å². The molecule has 2 saturated heterocycles. The minimum atomic E-state index is -0.447. The van der Waals surface area contributed by atoms with E-state index in [-0.39, 0.29) is 30.3 Å². The fraction of sp³-hybridized carbons (Fsp3) is 0.514. The summed E-state index contributed by atoms with van der Waals surface area (Å²) in [5.74, 6) is 1.80. The molecule has 2 aromatic carbocycles. The number of carbonyl (C=O) groups is 1. The molecule has 1 saturated carbocycles. The van der Waals surface area contributed by atoms with Gasteiger partial charge in [-0.2, -0.15) is 5.26 Å². The fourth-order valence-electron chi connectivity index (χ4n) is 7.49. The zero-order valence-electron chi connectivity index (χ0n) is 25.4. The Morgan fingerprint density at radius 2 is 1.95 bits per heavy atom. The summed E-state index contributed by atoms with van der Waals surface area (Å²) < 4.78 is 6.59. The predicted molar refractivity (Wildman–Crippen MR) is 173 cm³/mol. The molecule has 2 aromatic rings. The summed E-state index contributed by atoms with van der Waals surface area (Å²) in [5, 5.41) is 15.8. The van der Waals surface area contributed by atoms with E-state index in [2.05, 4.69) is 87.4 Å². The van der Waals surface area contributed by atoms with Gasteiger partial charge in [-0.15, -0.1) is 0 Å². The Hall–Kier alpha value is -3.71. The zero-order valence-corrected chi connectivity index (χ0v) is 25.4. The van der Waals surface area contributed by atoms with Crippen molar-refractivity contribution in [2.45, 2.75) is 56.6 Å². The van der Waals surface area contributed by atoms with E-state index in [1.807, 2.05) is 0 Å². The second kappa shape index (κ2) is 12.7. The maximum absolute atomic E-state index is 12.6. The summed E-state index contributed by atoms with van der Waals surface area (Å²) >= 11 is 0. The summed E-state index contributed by atoms with van der Waals surface area (Å²) in [7, 11) is 0. The van der Waals surface area contributed by atoms with Crippen LogP contribution in [0.2, 0.25) is 0 Å². The Bertz CT molecular complexity index is 1470. The number of hydrogen-bond donors (Lipinski definition) is 1. The van der Waals surface area contributed by atoms with Crippen LogP contribution in [0.4, 0.5) is 5.69 Å². The number of piperazine rings is 1. The molecular formula is C35H43N7O2. The van der Waals surface area contributed by atoms with Crippen molar-refractivity contribution in [3.63, 3.8) is 0 Å². The van der Waals surface area contributed by atoms with Crippen LogP contribution in [0.15, 0.2) is 72.4 Å². The average molecular weight is 594 g/mol. The highest BCUT2D eigenvalue weighted by Crippen LogP contribution is 2.34. The highest BCUT2D eigenvalue weighted by Gasteiger charge is 2.41. The molecule has 4 heterocycles. The van der Waals surface area contributed by atoms with Gasteiger partial charge in [0.25, 0.3) is 0 Å². The van der Waals surface area contributed by atoms with E-state index in [1.54, 1.807) is 4.90 Å². The molecule has 0 aromatic heterocycles. The summed E-state index contributed by atoms with van der Waals surface area (Å²) in [6.07, 6.45) is 10.8. The first-order valence-electron chi connectivity index (χ1n) is 16.3. The number of likely N-dealkylation sites (tertiary alicyclic amines) is 1. The van der Waals surface area contributed by atoms with E-state index in [4.69, 9.17) is 9.73 Å². The van der Waals surface area contributed by atoms with Crippen molar-refractivity contribution in [3.8, 4) is 6.07 Å². The van der Waals surface area contributed by atoms with E-state index in [9.17, 15) is 10.1 Å². The molecule has 4 aliphatic heterocycles. The SMILES string of the molecule is C=CC(=O)N1CCN(C2=NC(OC[C@@H]3CCCN3CC3CC3)NC3CN(c4cccc5ccccc45)C=CC23)CC1CC#N. The molecule has 1 N–H and O–H groups in total. The van der Waals surface area contributed by atoms with Crippen molar-refractivity contribution in [1.29, 1.82) is 5.26 Å². The molecular weight excluding hydrogens is 550 g/mol. The van der Waals surface area contributed by atoms with Crippen LogP contribution in [0.25, 0.3) is 10.8 Å². The Balaban J connectivity index is 1.14. The van der Waals surface area contributed by atoms with Gasteiger partial charge in [0.15, 0.2) is 0 Å². The van der Waals surface area contributed by atoms with Gasteiger partial charge in [0.2, 0.25) is 12.3 Å². The molecule has 1 aliphatic carbocycles. The Kier molecular flexibility index (Phi) is 8.39. The largest absolute Gasteiger partial charge is 0.356 e. The number of fused-ring (bicyclic) bond motifs is 2. The van der Waals surface area contributed by atoms with E-state index >= 15 is 0 Å². The minimum Gasteiger partial charge on any atom is -0.356 e. The molecule has 1 amide bonds. The first kappa shape index (κ1) is 29.0. The topological polar surface area (TPSA) is 87.4 Å². The lowest BCUT2D eigenvalue weighted by Crippen LogP contribution is -2.63. The van der Waals surface area contributed by atoms with Gasteiger partial charge in [-0.25, -0.2) is 4.99 Å². The number of hydrogen-bond acceptors (Lipinski definition) is 8. The maximum atomic E-state index is 12.6. The first-order valence-corrected chi connectivity index (χ1v) is 16.3. The number of amidine groups is 1. The molecule has 7 rings (SSSR count). The number of nitrogens with one attached hydrogen (secondary N) is 1. The number of rotatable bonds is 8. The highest BCUT2D eigenvalue weighted by molar-refractivity contribution is 5.95. The lowest BCUT2D eigenvalue weighted by atomic mass is 9.91. The second-order valence-electron chi connectivity index (χ2n) is 12.9. The van der Waals surface area contributed by atoms with Crippen LogP contribution in [-0.4, -0.2) is 96.8 Å². The Morgan fingerprint density at radius 1 is 1.09 bits per heavy atom. The van der Waals surface area contributed by atoms with Gasteiger partial charge in [-0.3, -0.25) is 15.0 Å². The van der Waals surface area contributed by atoms with Crippen LogP contribution in [0.3, 0.4) is 0 Å². The standard InChI is InChI=1S/C35H43N7O2/c1-2-33(43)42-20-19-41(22-27(42)14-16-36)34-30-15-18-40(32-11-5-8-26-7-3-4-10-29(26)32)23-31(30)37-35(38-34)44-24-28-9-6-17-39(28)21-25-12-13-25/h2-5,7-8,10-11,15,18,25,27-28,30-31,35,37H,1,6,9,12-14,17,19-24H2/t27?,28-,30?,31?,35?/m0/s1. The summed E-state index contributed by atoms with van der Waals surface area (Å²) in [6, 6.07) is 17.6. The van der Waals surface area contributed by atoms with Gasteiger partial charge in [0.05, 0.1) is 31.1 Å². The Morgan fingerprint density at radius 3 is 2.80 bits per heavy atom. The predicted octanol–water partition coefficient (Wildman–Crippen LogP) is 3.95. The summed E-state index contributed by atoms with van der Waals surface area (Å²) in [5.41, 5.74) is 1.19. The van der Waals surface area contributed by atoms with E-state index in [0.29, 0.717) is 32.3 Å². The minimum absolute atomic E-state index is 0.0586. The van der Waals surface area contributed by atoms with Crippen molar-refractivity contribution in [2.75, 3.05) is 50.8 Å². The number of benzene rings is 2. The first-order chi connectivity index (χ1) is 21.6. The van der Waals surface area contributed by atoms with Crippen LogP contribution in [0.1, 0.15) is 32.1 Å².